The van der Waals surface area contributed by atoms with Gasteiger partial charge in [-0.1, -0.05) is 0 Å². The molecule has 0 saturated heterocycles. The van der Waals surface area contributed by atoms with Gasteiger partial charge in [0.1, 0.15) is 5.00 Å². The number of methoxy groups -OCH3 is 1. The third-order valence-corrected chi connectivity index (χ3v) is 4.39. The lowest BCUT2D eigenvalue weighted by Crippen LogP contribution is -2.21. The number of nitrogens with zero attached hydrogens (tertiary/aromatic N) is 1. The van der Waals surface area contributed by atoms with E-state index in [0.29, 0.717) is 16.1 Å². The Kier molecular flexibility index (Phi) is 5.76. The molecule has 0 aliphatic carbocycles. The number of benzene rings is 1. The Balaban J connectivity index is 2.12. The highest BCUT2D eigenvalue weighted by Gasteiger charge is 2.16. The Hall–Kier alpha value is -2.34. The van der Waals surface area contributed by atoms with Crippen molar-refractivity contribution in [2.45, 2.75) is 13.8 Å². The maximum atomic E-state index is 12.3. The molecule has 0 spiro atoms. The molecule has 122 valence electrons. The van der Waals surface area contributed by atoms with Crippen LogP contribution < -0.4 is 10.2 Å². The molecule has 0 aliphatic rings. The second kappa shape index (κ2) is 7.78. The highest BCUT2D eigenvalue weighted by molar-refractivity contribution is 7.14. The van der Waals surface area contributed by atoms with Crippen molar-refractivity contribution in [3.8, 4) is 0 Å². The summed E-state index contributed by atoms with van der Waals surface area (Å²) in [7, 11) is 1.32. The van der Waals surface area contributed by atoms with Crippen LogP contribution >= 0.6 is 11.3 Å². The molecule has 0 aliphatic heterocycles. The van der Waals surface area contributed by atoms with E-state index in [9.17, 15) is 9.59 Å². The fourth-order valence-corrected chi connectivity index (χ4v) is 3.03. The molecule has 1 aromatic heterocycles. The Morgan fingerprint density at radius 3 is 2.35 bits per heavy atom. The largest absolute Gasteiger partial charge is 0.465 e. The van der Waals surface area contributed by atoms with Gasteiger partial charge in [-0.2, -0.15) is 0 Å². The van der Waals surface area contributed by atoms with Crippen LogP contribution in [-0.2, 0) is 4.74 Å². The van der Waals surface area contributed by atoms with E-state index in [-0.39, 0.29) is 5.91 Å². The van der Waals surface area contributed by atoms with Crippen molar-refractivity contribution in [2.75, 3.05) is 30.4 Å². The van der Waals surface area contributed by atoms with Crippen LogP contribution in [0.4, 0.5) is 10.7 Å². The van der Waals surface area contributed by atoms with Crippen molar-refractivity contribution in [1.29, 1.82) is 0 Å². The number of esters is 1. The fourth-order valence-electron chi connectivity index (χ4n) is 2.26. The van der Waals surface area contributed by atoms with Crippen molar-refractivity contribution in [3.63, 3.8) is 0 Å². The lowest BCUT2D eigenvalue weighted by Gasteiger charge is -2.21. The van der Waals surface area contributed by atoms with Crippen LogP contribution in [-0.4, -0.2) is 32.1 Å². The number of hydrogen-bond donors (Lipinski definition) is 1. The molecule has 2 aromatic rings. The molecule has 0 bridgehead atoms. The van der Waals surface area contributed by atoms with Crippen molar-refractivity contribution >= 4 is 33.9 Å². The van der Waals surface area contributed by atoms with Crippen molar-refractivity contribution in [3.05, 3.63) is 46.8 Å². The maximum Gasteiger partial charge on any atom is 0.340 e. The zero-order valence-electron chi connectivity index (χ0n) is 13.5. The first-order valence-electron chi connectivity index (χ1n) is 7.42. The lowest BCUT2D eigenvalue weighted by molar-refractivity contribution is 0.0602. The molecule has 23 heavy (non-hydrogen) atoms. The lowest BCUT2D eigenvalue weighted by atomic mass is 10.2. The second-order valence-corrected chi connectivity index (χ2v) is 5.74. The molecular weight excluding hydrogens is 312 g/mol. The van der Waals surface area contributed by atoms with Gasteiger partial charge < -0.3 is 15.0 Å². The molecule has 0 atom stereocenters. The highest BCUT2D eigenvalue weighted by Crippen LogP contribution is 2.25. The normalized spacial score (nSPS) is 10.2. The minimum absolute atomic E-state index is 0.247. The number of hydrogen-bond acceptors (Lipinski definition) is 5. The van der Waals surface area contributed by atoms with Crippen LogP contribution in [0.3, 0.4) is 0 Å². The predicted molar refractivity (Wildman–Crippen MR) is 93.6 cm³/mol. The quantitative estimate of drug-likeness (QED) is 0.821. The molecule has 6 heteroatoms. The summed E-state index contributed by atoms with van der Waals surface area (Å²) in [4.78, 5) is 26.2. The summed E-state index contributed by atoms with van der Waals surface area (Å²) >= 11 is 1.29. The summed E-state index contributed by atoms with van der Waals surface area (Å²) in [5.41, 5.74) is 1.99. The summed E-state index contributed by atoms with van der Waals surface area (Å²) in [6, 6.07) is 9.06. The average Bonchev–Trinajstić information content (AvgIpc) is 3.04. The van der Waals surface area contributed by atoms with E-state index in [1.807, 2.05) is 12.1 Å². The van der Waals surface area contributed by atoms with Gasteiger partial charge in [0.25, 0.3) is 5.91 Å². The average molecular weight is 332 g/mol. The molecule has 1 N–H and O–H groups in total. The summed E-state index contributed by atoms with van der Waals surface area (Å²) < 4.78 is 4.70. The molecule has 1 heterocycles. The molecule has 0 saturated carbocycles. The van der Waals surface area contributed by atoms with E-state index in [2.05, 4.69) is 24.1 Å². The summed E-state index contributed by atoms with van der Waals surface area (Å²) in [5, 5.41) is 5.00. The van der Waals surface area contributed by atoms with Gasteiger partial charge in [-0.05, 0) is 49.6 Å². The van der Waals surface area contributed by atoms with E-state index < -0.39 is 5.97 Å². The molecule has 1 aromatic carbocycles. The summed E-state index contributed by atoms with van der Waals surface area (Å²) in [6.45, 7) is 6.02. The van der Waals surface area contributed by atoms with E-state index in [1.54, 1.807) is 23.6 Å². The molecule has 1 amide bonds. The number of amides is 1. The highest BCUT2D eigenvalue weighted by atomic mass is 32.1. The van der Waals surface area contributed by atoms with E-state index in [0.717, 1.165) is 18.8 Å². The summed E-state index contributed by atoms with van der Waals surface area (Å²) in [5.74, 6) is -0.706. The second-order valence-electron chi connectivity index (χ2n) is 4.83. The first kappa shape index (κ1) is 17.0. The van der Waals surface area contributed by atoms with Crippen LogP contribution in [0.5, 0.6) is 0 Å². The van der Waals surface area contributed by atoms with Gasteiger partial charge >= 0.3 is 5.97 Å². The number of nitrogens with one attached hydrogen (secondary N) is 1. The number of thiophene rings is 1. The van der Waals surface area contributed by atoms with Gasteiger partial charge in [0, 0.05) is 24.3 Å². The van der Waals surface area contributed by atoms with E-state index in [4.69, 9.17) is 4.74 Å². The Bertz CT molecular complexity index is 675. The smallest absolute Gasteiger partial charge is 0.340 e. The number of ether oxygens (including phenoxy) is 1. The van der Waals surface area contributed by atoms with Crippen molar-refractivity contribution in [1.82, 2.24) is 0 Å². The van der Waals surface area contributed by atoms with E-state index >= 15 is 0 Å². The number of carbonyl (C=O) groups excluding carboxylic acids is 2. The van der Waals surface area contributed by atoms with Crippen LogP contribution in [0, 0.1) is 0 Å². The zero-order chi connectivity index (χ0) is 16.8. The molecule has 0 unspecified atom stereocenters. The van der Waals surface area contributed by atoms with Gasteiger partial charge in [-0.15, -0.1) is 11.3 Å². The minimum Gasteiger partial charge on any atom is -0.465 e. The first-order chi connectivity index (χ1) is 11.1. The summed E-state index contributed by atoms with van der Waals surface area (Å²) in [6.07, 6.45) is 0. The molecule has 0 radical (unpaired) electrons. The molecule has 2 rings (SSSR count). The standard InChI is InChI=1S/C17H20N2O3S/c1-4-19(5-2)13-8-6-12(7-9-13)15(20)18-16-14(10-11-23-16)17(21)22-3/h6-11H,4-5H2,1-3H3,(H,18,20). The van der Waals surface area contributed by atoms with Crippen LogP contribution in [0.25, 0.3) is 0 Å². The Morgan fingerprint density at radius 1 is 1.13 bits per heavy atom. The predicted octanol–water partition coefficient (Wildman–Crippen LogP) is 3.63. The van der Waals surface area contributed by atoms with Crippen molar-refractivity contribution in [2.24, 2.45) is 0 Å². The molecule has 0 fully saturated rings. The Morgan fingerprint density at radius 2 is 1.78 bits per heavy atom. The van der Waals surface area contributed by atoms with Gasteiger partial charge in [-0.25, -0.2) is 4.79 Å². The van der Waals surface area contributed by atoms with Crippen LogP contribution in [0.2, 0.25) is 0 Å². The SMILES string of the molecule is CCN(CC)c1ccc(C(=O)Nc2sccc2C(=O)OC)cc1. The van der Waals surface area contributed by atoms with Gasteiger partial charge in [0.2, 0.25) is 0 Å². The topological polar surface area (TPSA) is 58.6 Å². The third kappa shape index (κ3) is 3.90. The fraction of sp³-hybridized carbons (Fsp3) is 0.294. The van der Waals surface area contributed by atoms with Crippen LogP contribution in [0.15, 0.2) is 35.7 Å². The van der Waals surface area contributed by atoms with Gasteiger partial charge in [-0.3, -0.25) is 4.79 Å². The third-order valence-electron chi connectivity index (χ3n) is 3.56. The first-order valence-corrected chi connectivity index (χ1v) is 8.30. The number of rotatable bonds is 6. The maximum absolute atomic E-state index is 12.3. The minimum atomic E-state index is -0.460. The molecular formula is C17H20N2O3S. The molecule has 5 nitrogen and oxygen atoms in total. The number of carbonyl (C=O) groups is 2. The Labute approximate surface area is 139 Å². The number of anilines is 2. The monoisotopic (exact) mass is 332 g/mol. The van der Waals surface area contributed by atoms with Crippen molar-refractivity contribution < 1.29 is 14.3 Å². The van der Waals surface area contributed by atoms with Gasteiger partial charge in [0.15, 0.2) is 0 Å². The van der Waals surface area contributed by atoms with Gasteiger partial charge in [0.05, 0.1) is 12.7 Å². The van der Waals surface area contributed by atoms with E-state index in [1.165, 1.54) is 18.4 Å². The van der Waals surface area contributed by atoms with Crippen LogP contribution in [0.1, 0.15) is 34.6 Å². The zero-order valence-corrected chi connectivity index (χ0v) is 14.3.